The predicted octanol–water partition coefficient (Wildman–Crippen LogP) is 5.79. The van der Waals surface area contributed by atoms with Gasteiger partial charge in [0.15, 0.2) is 0 Å². The van der Waals surface area contributed by atoms with Gasteiger partial charge in [-0.15, -0.1) is 0 Å². The van der Waals surface area contributed by atoms with Crippen LogP contribution in [0.3, 0.4) is 0 Å². The molecule has 0 fully saturated rings. The van der Waals surface area contributed by atoms with Crippen LogP contribution < -0.4 is 24.8 Å². The molecule has 0 radical (unpaired) electrons. The molecule has 3 rings (SSSR count). The van der Waals surface area contributed by atoms with Crippen LogP contribution in [0, 0.1) is 6.92 Å². The third kappa shape index (κ3) is 8.86. The molecule has 7 nitrogen and oxygen atoms in total. The van der Waals surface area contributed by atoms with E-state index in [1.165, 1.54) is 18.1 Å². The lowest BCUT2D eigenvalue weighted by Gasteiger charge is -2.11. The monoisotopic (exact) mass is 449 g/mol. The molecular formula is C26H31N3O4. The fraction of sp³-hybridized carbons (Fsp3) is 0.192. The summed E-state index contributed by atoms with van der Waals surface area (Å²) in [7, 11) is 4.93. The first-order chi connectivity index (χ1) is 16.1. The van der Waals surface area contributed by atoms with Crippen LogP contribution >= 0.6 is 0 Å². The number of aliphatic imine (C=N–C) groups is 1. The first-order valence-corrected chi connectivity index (χ1v) is 10.3. The summed E-state index contributed by atoms with van der Waals surface area (Å²) in [6.45, 7) is 2.83. The van der Waals surface area contributed by atoms with Gasteiger partial charge in [-0.1, -0.05) is 24.3 Å². The zero-order chi connectivity index (χ0) is 23.9. The fourth-order valence-electron chi connectivity index (χ4n) is 2.84. The van der Waals surface area contributed by atoms with Crippen LogP contribution in [0.2, 0.25) is 0 Å². The van der Waals surface area contributed by atoms with Crippen molar-refractivity contribution >= 4 is 17.7 Å². The topological polar surface area (TPSA) is 84.3 Å². The highest BCUT2D eigenvalue weighted by molar-refractivity contribution is 5.76. The Balaban J connectivity index is 0.000000245. The minimum Gasteiger partial charge on any atom is -0.514 e. The van der Waals surface area contributed by atoms with E-state index in [1.54, 1.807) is 21.3 Å². The minimum atomic E-state index is 0.735. The van der Waals surface area contributed by atoms with Crippen LogP contribution in [0.1, 0.15) is 11.1 Å². The van der Waals surface area contributed by atoms with Crippen LogP contribution in [0.5, 0.6) is 17.2 Å². The minimum absolute atomic E-state index is 0.735. The van der Waals surface area contributed by atoms with Crippen molar-refractivity contribution in [2.24, 2.45) is 4.99 Å². The molecule has 3 N–H and O–H groups in total. The summed E-state index contributed by atoms with van der Waals surface area (Å²) in [6, 6.07) is 21.6. The zero-order valence-corrected chi connectivity index (χ0v) is 19.4. The van der Waals surface area contributed by atoms with E-state index < -0.39 is 0 Å². The highest BCUT2D eigenvalue weighted by Crippen LogP contribution is 2.23. The number of nitrogens with zero attached hydrogens (tertiary/aromatic N) is 1. The third-order valence-electron chi connectivity index (χ3n) is 4.57. The summed E-state index contributed by atoms with van der Waals surface area (Å²) < 4.78 is 15.6. The maximum absolute atomic E-state index is 8.30. The molecule has 3 aromatic carbocycles. The summed E-state index contributed by atoms with van der Waals surface area (Å²) in [5.74, 6) is 2.39. The number of nitrogens with one attached hydrogen (secondary N) is 2. The van der Waals surface area contributed by atoms with E-state index in [2.05, 4.69) is 34.7 Å². The lowest BCUT2D eigenvalue weighted by Crippen LogP contribution is -2.01. The molecule has 0 atom stereocenters. The second-order valence-corrected chi connectivity index (χ2v) is 6.84. The lowest BCUT2D eigenvalue weighted by molar-refractivity contribution is 0.393. The summed E-state index contributed by atoms with van der Waals surface area (Å²) in [5, 5.41) is 14.6. The average Bonchev–Trinajstić information content (AvgIpc) is 2.86. The molecule has 0 spiro atoms. The van der Waals surface area contributed by atoms with Gasteiger partial charge in [-0.2, -0.15) is 0 Å². The van der Waals surface area contributed by atoms with E-state index in [0.717, 1.165) is 47.0 Å². The van der Waals surface area contributed by atoms with Gasteiger partial charge in [0.05, 0.1) is 40.1 Å². The van der Waals surface area contributed by atoms with Gasteiger partial charge in [-0.25, -0.2) is 4.99 Å². The van der Waals surface area contributed by atoms with Gasteiger partial charge in [-0.3, -0.25) is 0 Å². The Morgan fingerprint density at radius 1 is 0.848 bits per heavy atom. The van der Waals surface area contributed by atoms with Gasteiger partial charge in [0.1, 0.15) is 17.2 Å². The van der Waals surface area contributed by atoms with E-state index >= 15 is 0 Å². The van der Waals surface area contributed by atoms with Crippen LogP contribution in [0.15, 0.2) is 84.2 Å². The number of hydrogen-bond donors (Lipinski definition) is 3. The second kappa shape index (κ2) is 14.0. The van der Waals surface area contributed by atoms with E-state index in [1.807, 2.05) is 54.6 Å². The maximum Gasteiger partial charge on any atom is 0.122 e. The van der Waals surface area contributed by atoms with Crippen molar-refractivity contribution in [1.29, 1.82) is 0 Å². The van der Waals surface area contributed by atoms with Crippen molar-refractivity contribution in [1.82, 2.24) is 0 Å². The van der Waals surface area contributed by atoms with Gasteiger partial charge < -0.3 is 30.0 Å². The standard InChI is InChI=1S/C16H19NO2.C10H12N2O2/c1-12-6-4-5-7-16(12)17-11-13-8-14(18-2)10-15(9-13)19-3;1-14-10-4-2-3-9(7-10)12-8-11-5-6-13/h4-10,17H,11H2,1-3H3;2-8,13H,1H3,(H,11,12)/b;6-5-. The second-order valence-electron chi connectivity index (χ2n) is 6.84. The summed E-state index contributed by atoms with van der Waals surface area (Å²) in [4.78, 5) is 3.73. The van der Waals surface area contributed by atoms with Crippen LogP contribution in [0.25, 0.3) is 0 Å². The Hall–Kier alpha value is -4.13. The Bertz CT molecular complexity index is 1030. The van der Waals surface area contributed by atoms with Crippen LogP contribution in [-0.4, -0.2) is 32.8 Å². The first-order valence-electron chi connectivity index (χ1n) is 10.3. The molecule has 0 aliphatic carbocycles. The maximum atomic E-state index is 8.30. The fourth-order valence-corrected chi connectivity index (χ4v) is 2.84. The van der Waals surface area contributed by atoms with Gasteiger partial charge in [0.25, 0.3) is 0 Å². The molecule has 0 aromatic heterocycles. The van der Waals surface area contributed by atoms with E-state index in [-0.39, 0.29) is 0 Å². The van der Waals surface area contributed by atoms with Gasteiger partial charge in [0.2, 0.25) is 0 Å². The molecule has 0 amide bonds. The number of aliphatic hydroxyl groups excluding tert-OH is 1. The Morgan fingerprint density at radius 3 is 2.18 bits per heavy atom. The van der Waals surface area contributed by atoms with Crippen molar-refractivity contribution in [2.45, 2.75) is 13.5 Å². The number of rotatable bonds is 9. The van der Waals surface area contributed by atoms with Gasteiger partial charge in [0, 0.05) is 30.1 Å². The molecule has 0 bridgehead atoms. The van der Waals surface area contributed by atoms with Crippen molar-refractivity contribution in [3.8, 4) is 17.2 Å². The number of anilines is 2. The average molecular weight is 450 g/mol. The molecule has 174 valence electrons. The lowest BCUT2D eigenvalue weighted by atomic mass is 10.1. The van der Waals surface area contributed by atoms with Crippen molar-refractivity contribution in [3.63, 3.8) is 0 Å². The molecule has 7 heteroatoms. The summed E-state index contributed by atoms with van der Waals surface area (Å²) in [6.07, 6.45) is 3.61. The number of ether oxygens (including phenoxy) is 3. The first kappa shape index (κ1) is 25.1. The highest BCUT2D eigenvalue weighted by atomic mass is 16.5. The smallest absolute Gasteiger partial charge is 0.122 e. The molecule has 0 saturated heterocycles. The number of aliphatic hydroxyl groups is 1. The number of benzene rings is 3. The highest BCUT2D eigenvalue weighted by Gasteiger charge is 2.03. The van der Waals surface area contributed by atoms with Crippen LogP contribution in [0.4, 0.5) is 11.4 Å². The van der Waals surface area contributed by atoms with Crippen molar-refractivity contribution < 1.29 is 19.3 Å². The van der Waals surface area contributed by atoms with Gasteiger partial charge >= 0.3 is 0 Å². The Morgan fingerprint density at radius 2 is 1.55 bits per heavy atom. The quantitative estimate of drug-likeness (QED) is 0.218. The normalized spacial score (nSPS) is 10.4. The molecular weight excluding hydrogens is 418 g/mol. The molecule has 0 aliphatic rings. The summed E-state index contributed by atoms with van der Waals surface area (Å²) in [5.41, 5.74) is 4.38. The largest absolute Gasteiger partial charge is 0.514 e. The molecule has 33 heavy (non-hydrogen) atoms. The predicted molar refractivity (Wildman–Crippen MR) is 135 cm³/mol. The Kier molecular flexibility index (Phi) is 10.7. The molecule has 3 aromatic rings. The number of aryl methyl sites for hydroxylation is 1. The molecule has 0 saturated carbocycles. The van der Waals surface area contributed by atoms with Crippen molar-refractivity contribution in [2.75, 3.05) is 32.0 Å². The van der Waals surface area contributed by atoms with E-state index in [4.69, 9.17) is 19.3 Å². The third-order valence-corrected chi connectivity index (χ3v) is 4.57. The van der Waals surface area contributed by atoms with Gasteiger partial charge in [-0.05, 0) is 48.4 Å². The number of hydrogen-bond acceptors (Lipinski definition) is 6. The van der Waals surface area contributed by atoms with E-state index in [0.29, 0.717) is 0 Å². The summed E-state index contributed by atoms with van der Waals surface area (Å²) >= 11 is 0. The molecule has 0 heterocycles. The molecule has 0 unspecified atom stereocenters. The zero-order valence-electron chi connectivity index (χ0n) is 19.4. The Labute approximate surface area is 195 Å². The molecule has 0 aliphatic heterocycles. The van der Waals surface area contributed by atoms with Crippen molar-refractivity contribution in [3.05, 3.63) is 90.3 Å². The van der Waals surface area contributed by atoms with Crippen LogP contribution in [-0.2, 0) is 6.54 Å². The number of methoxy groups -OCH3 is 3. The van der Waals surface area contributed by atoms with E-state index in [9.17, 15) is 0 Å². The number of para-hydroxylation sites is 1. The SMILES string of the molecule is COc1cc(CNc2ccccc2C)cc(OC)c1.COc1cccc(NC=N/C=C\O)c1.